The molecule has 16 heteroatoms. The van der Waals surface area contributed by atoms with Crippen molar-refractivity contribution < 1.29 is 73.8 Å². The molecule has 304 valence electrons. The summed E-state index contributed by atoms with van der Waals surface area (Å²) in [4.78, 5) is 37.3. The minimum atomic E-state index is -2.25. The van der Waals surface area contributed by atoms with Crippen LogP contribution in [0.1, 0.15) is 59.8 Å². The highest BCUT2D eigenvalue weighted by Gasteiger charge is 2.51. The molecule has 3 aliphatic rings. The van der Waals surface area contributed by atoms with E-state index in [9.17, 15) is 50.1 Å². The molecular formula is C38H57NO15. The van der Waals surface area contributed by atoms with Crippen molar-refractivity contribution in [2.75, 3.05) is 7.11 Å². The van der Waals surface area contributed by atoms with E-state index in [1.807, 2.05) is 13.0 Å². The molecule has 16 nitrogen and oxygen atoms in total. The lowest BCUT2D eigenvalue weighted by Crippen LogP contribution is -2.64. The van der Waals surface area contributed by atoms with Crippen molar-refractivity contribution in [1.29, 1.82) is 0 Å². The van der Waals surface area contributed by atoms with E-state index in [1.165, 1.54) is 13.8 Å². The third kappa shape index (κ3) is 13.2. The average molecular weight is 768 g/mol. The van der Waals surface area contributed by atoms with Crippen LogP contribution >= 0.6 is 0 Å². The van der Waals surface area contributed by atoms with Crippen molar-refractivity contribution in [2.45, 2.75) is 139 Å². The van der Waals surface area contributed by atoms with Crippen molar-refractivity contribution in [2.24, 2.45) is 11.8 Å². The highest BCUT2D eigenvalue weighted by atomic mass is 16.7. The molecule has 0 radical (unpaired) electrons. The van der Waals surface area contributed by atoms with Crippen molar-refractivity contribution >= 4 is 17.8 Å². The van der Waals surface area contributed by atoms with E-state index in [0.29, 0.717) is 6.42 Å². The summed E-state index contributed by atoms with van der Waals surface area (Å²) in [5, 5.41) is 78.9. The fourth-order valence-corrected chi connectivity index (χ4v) is 6.77. The Labute approximate surface area is 315 Å². The molecular weight excluding hydrogens is 710 g/mol. The van der Waals surface area contributed by atoms with E-state index in [1.54, 1.807) is 49.5 Å². The molecule has 0 unspecified atom stereocenters. The number of nitrogens with one attached hydrogen (secondary N) is 1. The van der Waals surface area contributed by atoms with E-state index in [4.69, 9.17) is 23.7 Å². The van der Waals surface area contributed by atoms with E-state index in [2.05, 4.69) is 5.32 Å². The first kappa shape index (κ1) is 45.1. The van der Waals surface area contributed by atoms with Gasteiger partial charge in [0.05, 0.1) is 55.9 Å². The number of rotatable bonds is 5. The molecule has 3 heterocycles. The second-order valence-corrected chi connectivity index (χ2v) is 14.0. The quantitative estimate of drug-likeness (QED) is 0.171. The Kier molecular flexibility index (Phi) is 17.6. The fraction of sp³-hybridized carbons (Fsp3) is 0.658. The standard InChI is InChI=1S/C38H57NO15/c1-6-24-13-11-9-7-8-10-12-14-26(53-37-35(47)33(39-23(4)40)34(46)22(3)52-37)18-30-32(36(48)50-5)29(44)20-38(49,54-30)19-25(41)17-28(43)27(42)15-16-31(45)51-21(24)2/h7-16,21-22,24-30,32-35,37,41-44,46-47,49H,6,17-20H2,1-5H3,(H,39,40)/b9-7+,10-8+,13-11+,14-12+,16-15+/t21-,22-,24+,25-,26+,27+,28-,29+,30-,32+,33+,34+,35+,37-,38-/m1/s1. The number of esters is 2. The predicted molar refractivity (Wildman–Crippen MR) is 192 cm³/mol. The molecule has 0 spiro atoms. The number of methoxy groups -OCH3 is 1. The number of aliphatic hydroxyl groups excluding tert-OH is 6. The number of aliphatic hydroxyl groups is 7. The van der Waals surface area contributed by atoms with Crippen LogP contribution < -0.4 is 5.32 Å². The Bertz CT molecular complexity index is 1380. The van der Waals surface area contributed by atoms with Gasteiger partial charge in [0.2, 0.25) is 5.91 Å². The van der Waals surface area contributed by atoms with Gasteiger partial charge in [-0.15, -0.1) is 0 Å². The summed E-state index contributed by atoms with van der Waals surface area (Å²) in [6, 6.07) is -1.15. The fourth-order valence-electron chi connectivity index (χ4n) is 6.77. The predicted octanol–water partition coefficient (Wildman–Crippen LogP) is -0.0240. The summed E-state index contributed by atoms with van der Waals surface area (Å²) in [5.41, 5.74) is 0. The van der Waals surface area contributed by atoms with Crippen LogP contribution in [0.4, 0.5) is 0 Å². The normalized spacial score (nSPS) is 43.3. The molecule has 2 fully saturated rings. The summed E-state index contributed by atoms with van der Waals surface area (Å²) in [6.45, 7) is 6.43. The Hall–Kier alpha value is -3.29. The van der Waals surface area contributed by atoms with Gasteiger partial charge in [-0.2, -0.15) is 0 Å². The molecule has 2 saturated heterocycles. The molecule has 1 amide bonds. The summed E-state index contributed by atoms with van der Waals surface area (Å²) in [5.74, 6) is -5.82. The first-order chi connectivity index (χ1) is 25.5. The number of hydrogen-bond donors (Lipinski definition) is 8. The summed E-state index contributed by atoms with van der Waals surface area (Å²) in [7, 11) is 1.12. The number of ether oxygens (including phenoxy) is 5. The van der Waals surface area contributed by atoms with Crippen molar-refractivity contribution in [1.82, 2.24) is 5.32 Å². The maximum atomic E-state index is 13.0. The largest absolute Gasteiger partial charge is 0.469 e. The summed E-state index contributed by atoms with van der Waals surface area (Å²) < 4.78 is 28.4. The van der Waals surface area contributed by atoms with Crippen LogP contribution in [0.5, 0.6) is 0 Å². The average Bonchev–Trinajstić information content (AvgIpc) is 3.09. The second-order valence-electron chi connectivity index (χ2n) is 14.0. The minimum Gasteiger partial charge on any atom is -0.469 e. The minimum absolute atomic E-state index is 0.128. The van der Waals surface area contributed by atoms with E-state index < -0.39 is 122 Å². The number of cyclic esters (lactones) is 1. The van der Waals surface area contributed by atoms with Gasteiger partial charge >= 0.3 is 11.9 Å². The molecule has 3 rings (SSSR count). The topological polar surface area (TPSA) is 251 Å². The monoisotopic (exact) mass is 767 g/mol. The van der Waals surface area contributed by atoms with Gasteiger partial charge in [-0.1, -0.05) is 55.5 Å². The van der Waals surface area contributed by atoms with Crippen LogP contribution in [0.25, 0.3) is 0 Å². The zero-order valence-corrected chi connectivity index (χ0v) is 31.3. The summed E-state index contributed by atoms with van der Waals surface area (Å²) >= 11 is 0. The Balaban J connectivity index is 2.00. The molecule has 2 bridgehead atoms. The first-order valence-electron chi connectivity index (χ1n) is 18.2. The van der Waals surface area contributed by atoms with Crippen LogP contribution in [0.15, 0.2) is 60.8 Å². The Morgan fingerprint density at radius 2 is 1.54 bits per heavy atom. The number of carbonyl (C=O) groups excluding carboxylic acids is 3. The first-order valence-corrected chi connectivity index (χ1v) is 18.2. The number of hydrogen-bond acceptors (Lipinski definition) is 15. The molecule has 0 aromatic carbocycles. The highest BCUT2D eigenvalue weighted by Crippen LogP contribution is 2.38. The van der Waals surface area contributed by atoms with Gasteiger partial charge in [-0.05, 0) is 26.3 Å². The third-order valence-corrected chi connectivity index (χ3v) is 9.68. The molecule has 3 aliphatic heterocycles. The number of allylic oxidation sites excluding steroid dienone is 6. The van der Waals surface area contributed by atoms with E-state index in [-0.39, 0.29) is 12.3 Å². The van der Waals surface area contributed by atoms with Gasteiger partial charge in [-0.25, -0.2) is 4.79 Å². The van der Waals surface area contributed by atoms with Crippen LogP contribution in [0.2, 0.25) is 0 Å². The van der Waals surface area contributed by atoms with Gasteiger partial charge in [0, 0.05) is 44.6 Å². The zero-order valence-electron chi connectivity index (χ0n) is 31.3. The molecule has 0 aliphatic carbocycles. The van der Waals surface area contributed by atoms with Gasteiger partial charge in [0.25, 0.3) is 0 Å². The van der Waals surface area contributed by atoms with Gasteiger partial charge in [0.1, 0.15) is 24.2 Å². The maximum Gasteiger partial charge on any atom is 0.330 e. The molecule has 0 saturated carbocycles. The maximum absolute atomic E-state index is 13.0. The van der Waals surface area contributed by atoms with E-state index in [0.717, 1.165) is 19.3 Å². The van der Waals surface area contributed by atoms with Crippen LogP contribution in [0, 0.1) is 11.8 Å². The van der Waals surface area contributed by atoms with Crippen LogP contribution in [-0.4, -0.2) is 140 Å². The van der Waals surface area contributed by atoms with Gasteiger partial charge in [-0.3, -0.25) is 9.59 Å². The number of amides is 1. The van der Waals surface area contributed by atoms with Gasteiger partial charge < -0.3 is 64.7 Å². The lowest BCUT2D eigenvalue weighted by Gasteiger charge is -2.45. The van der Waals surface area contributed by atoms with Crippen molar-refractivity contribution in [3.63, 3.8) is 0 Å². The lowest BCUT2D eigenvalue weighted by atomic mass is 9.82. The molecule has 8 N–H and O–H groups in total. The zero-order chi connectivity index (χ0) is 40.2. The number of carbonyl (C=O) groups is 3. The smallest absolute Gasteiger partial charge is 0.330 e. The van der Waals surface area contributed by atoms with Crippen LogP contribution in [0.3, 0.4) is 0 Å². The SMILES string of the molecule is CC[C@H]1/C=C/C=C/C=C/C=C/[C@H](O[C@H]2O[C@H](C)[C@H](O)[C@H](NC(C)=O)[C@@H]2O)C[C@H]2O[C@](O)(C[C@H](O)C[C@@H](O)[C@@H](O)/C=C/C(=O)O[C@@H]1C)C[C@H](O)[C@@H]2C(=O)OC. The Morgan fingerprint density at radius 3 is 2.17 bits per heavy atom. The lowest BCUT2D eigenvalue weighted by molar-refractivity contribution is -0.309. The van der Waals surface area contributed by atoms with Crippen molar-refractivity contribution in [3.05, 3.63) is 60.8 Å². The second kappa shape index (κ2) is 21.1. The van der Waals surface area contributed by atoms with Gasteiger partial charge in [0.15, 0.2) is 12.1 Å². The van der Waals surface area contributed by atoms with E-state index >= 15 is 0 Å². The highest BCUT2D eigenvalue weighted by molar-refractivity contribution is 5.82. The Morgan fingerprint density at radius 1 is 0.889 bits per heavy atom. The third-order valence-electron chi connectivity index (χ3n) is 9.68. The summed E-state index contributed by atoms with van der Waals surface area (Å²) in [6.07, 6.45) is 0.354. The number of fused-ring (bicyclic) bond motifs is 2. The molecule has 0 aromatic heterocycles. The molecule has 0 aromatic rings. The van der Waals surface area contributed by atoms with Crippen molar-refractivity contribution in [3.8, 4) is 0 Å². The molecule has 54 heavy (non-hydrogen) atoms. The van der Waals surface area contributed by atoms with Crippen LogP contribution in [-0.2, 0) is 38.1 Å². The molecule has 15 atom stereocenters.